The van der Waals surface area contributed by atoms with E-state index in [1.807, 2.05) is 19.1 Å². The zero-order valence-corrected chi connectivity index (χ0v) is 18.3. The summed E-state index contributed by atoms with van der Waals surface area (Å²) in [5.41, 5.74) is 9.30. The van der Waals surface area contributed by atoms with Gasteiger partial charge in [0.25, 0.3) is 5.91 Å². The molecule has 0 saturated carbocycles. The lowest BCUT2D eigenvalue weighted by Crippen LogP contribution is -2.34. The third-order valence-electron chi connectivity index (χ3n) is 5.66. The molecule has 0 aliphatic rings. The van der Waals surface area contributed by atoms with E-state index in [0.717, 1.165) is 10.9 Å². The smallest absolute Gasteiger partial charge is 0.254 e. The molecule has 4 rings (SSSR count). The van der Waals surface area contributed by atoms with E-state index in [-0.39, 0.29) is 18.3 Å². The molecule has 0 fully saturated rings. The minimum absolute atomic E-state index is 0.150. The summed E-state index contributed by atoms with van der Waals surface area (Å²) in [6, 6.07) is 18.3. The number of nitriles is 1. The van der Waals surface area contributed by atoms with E-state index in [4.69, 9.17) is 11.0 Å². The van der Waals surface area contributed by atoms with Gasteiger partial charge in [-0.1, -0.05) is 18.2 Å². The molecule has 1 unspecified atom stereocenters. The number of carbonyl (C=O) groups excluding carboxylic acids is 1. The molecule has 2 aromatic heterocycles. The van der Waals surface area contributed by atoms with Crippen LogP contribution in [0.15, 0.2) is 66.9 Å². The summed E-state index contributed by atoms with van der Waals surface area (Å²) >= 11 is 0. The number of pyridine rings is 2. The summed E-state index contributed by atoms with van der Waals surface area (Å²) in [5.74, 6) is -0.207. The van der Waals surface area contributed by atoms with E-state index in [9.17, 15) is 9.18 Å². The summed E-state index contributed by atoms with van der Waals surface area (Å²) in [4.78, 5) is 23.9. The average Bonchev–Trinajstić information content (AvgIpc) is 2.83. The van der Waals surface area contributed by atoms with Crippen LogP contribution in [0.1, 0.15) is 45.7 Å². The lowest BCUT2D eigenvalue weighted by Gasteiger charge is -2.30. The third kappa shape index (κ3) is 4.51. The maximum Gasteiger partial charge on any atom is 0.254 e. The fraction of sp³-hybridized carbons (Fsp3) is 0.154. The number of nitrogens with two attached hydrogens (primary N) is 1. The predicted molar refractivity (Wildman–Crippen MR) is 125 cm³/mol. The van der Waals surface area contributed by atoms with Gasteiger partial charge in [0.05, 0.1) is 29.4 Å². The molecule has 2 N–H and O–H groups in total. The van der Waals surface area contributed by atoms with Crippen LogP contribution in [0, 0.1) is 24.1 Å². The minimum Gasteiger partial charge on any atom is -0.383 e. The average molecular weight is 439 g/mol. The Morgan fingerprint density at radius 2 is 1.97 bits per heavy atom. The zero-order valence-electron chi connectivity index (χ0n) is 18.3. The number of carbonyl (C=O) groups is 1. The molecular formula is C26H22FN5O. The van der Waals surface area contributed by atoms with Crippen molar-refractivity contribution in [1.29, 1.82) is 5.26 Å². The van der Waals surface area contributed by atoms with Gasteiger partial charge < -0.3 is 10.6 Å². The van der Waals surface area contributed by atoms with Crippen LogP contribution < -0.4 is 5.73 Å². The Bertz CT molecular complexity index is 1380. The summed E-state index contributed by atoms with van der Waals surface area (Å²) in [7, 11) is 0. The first-order valence-corrected chi connectivity index (χ1v) is 10.4. The Balaban J connectivity index is 1.75. The number of rotatable bonds is 5. The van der Waals surface area contributed by atoms with Crippen LogP contribution in [0.2, 0.25) is 0 Å². The normalized spacial score (nSPS) is 11.7. The Hall–Kier alpha value is -4.31. The molecule has 2 heterocycles. The Labute approximate surface area is 191 Å². The zero-order chi connectivity index (χ0) is 23.5. The largest absolute Gasteiger partial charge is 0.383 e. The van der Waals surface area contributed by atoms with Gasteiger partial charge in [-0.15, -0.1) is 0 Å². The van der Waals surface area contributed by atoms with E-state index in [0.29, 0.717) is 33.7 Å². The first-order valence-electron chi connectivity index (χ1n) is 10.4. The fourth-order valence-electron chi connectivity index (χ4n) is 3.72. The number of halogens is 1. The highest BCUT2D eigenvalue weighted by Gasteiger charge is 2.25. The van der Waals surface area contributed by atoms with E-state index in [2.05, 4.69) is 9.97 Å². The van der Waals surface area contributed by atoms with Crippen molar-refractivity contribution in [2.24, 2.45) is 0 Å². The summed E-state index contributed by atoms with van der Waals surface area (Å²) in [6.45, 7) is 3.80. The third-order valence-corrected chi connectivity index (χ3v) is 5.66. The molecule has 0 bridgehead atoms. The minimum atomic E-state index is -0.557. The molecule has 4 aromatic rings. The van der Waals surface area contributed by atoms with Gasteiger partial charge in [-0.3, -0.25) is 9.78 Å². The van der Waals surface area contributed by atoms with Crippen molar-refractivity contribution in [3.8, 4) is 6.07 Å². The van der Waals surface area contributed by atoms with Crippen molar-refractivity contribution >= 4 is 22.6 Å². The molecule has 1 amide bonds. The van der Waals surface area contributed by atoms with Gasteiger partial charge in [-0.05, 0) is 61.9 Å². The van der Waals surface area contributed by atoms with Gasteiger partial charge in [0.2, 0.25) is 0 Å². The SMILES string of the molecule is Cc1cc2cc(C(=O)N(Cc3ccc(C#N)cn3)C(C)c3ccccc3F)ccc2nc1N. The fourth-order valence-corrected chi connectivity index (χ4v) is 3.72. The highest BCUT2D eigenvalue weighted by atomic mass is 19.1. The second-order valence-electron chi connectivity index (χ2n) is 7.88. The van der Waals surface area contributed by atoms with Crippen LogP contribution in [-0.4, -0.2) is 20.8 Å². The van der Waals surface area contributed by atoms with Crippen molar-refractivity contribution in [3.63, 3.8) is 0 Å². The predicted octanol–water partition coefficient (Wildman–Crippen LogP) is 4.93. The van der Waals surface area contributed by atoms with Crippen molar-refractivity contribution in [3.05, 3.63) is 101 Å². The molecule has 0 spiro atoms. The summed E-state index contributed by atoms with van der Waals surface area (Å²) in [5, 5.41) is 9.82. The highest BCUT2D eigenvalue weighted by Crippen LogP contribution is 2.28. The molecule has 33 heavy (non-hydrogen) atoms. The number of aryl methyl sites for hydroxylation is 1. The molecule has 7 heteroatoms. The van der Waals surface area contributed by atoms with Crippen molar-refractivity contribution in [2.75, 3.05) is 5.73 Å². The van der Waals surface area contributed by atoms with Crippen LogP contribution >= 0.6 is 0 Å². The molecule has 2 aromatic carbocycles. The first-order chi connectivity index (χ1) is 15.9. The molecular weight excluding hydrogens is 417 g/mol. The van der Waals surface area contributed by atoms with Gasteiger partial charge in [0, 0.05) is 22.7 Å². The van der Waals surface area contributed by atoms with Gasteiger partial charge in [0.1, 0.15) is 17.7 Å². The number of nitrogen functional groups attached to an aromatic ring is 1. The topological polar surface area (TPSA) is 95.9 Å². The molecule has 164 valence electrons. The standard InChI is InChI=1S/C26H22FN5O/c1-16-11-20-12-19(8-10-24(20)31-25(16)29)26(33)32(15-21-9-7-18(13-28)14-30-21)17(2)22-5-3-4-6-23(22)27/h3-12,14,17H,15H2,1-2H3,(H2,29,31). The van der Waals surface area contributed by atoms with Gasteiger partial charge >= 0.3 is 0 Å². The van der Waals surface area contributed by atoms with Crippen LogP contribution in [0.4, 0.5) is 10.2 Å². The Kier molecular flexibility index (Phi) is 6.01. The van der Waals surface area contributed by atoms with Crippen LogP contribution in [0.3, 0.4) is 0 Å². The lowest BCUT2D eigenvalue weighted by molar-refractivity contribution is 0.0668. The molecule has 0 saturated heterocycles. The van der Waals surface area contributed by atoms with Crippen LogP contribution in [0.5, 0.6) is 0 Å². The van der Waals surface area contributed by atoms with Gasteiger partial charge in [-0.2, -0.15) is 5.26 Å². The summed E-state index contributed by atoms with van der Waals surface area (Å²) in [6.07, 6.45) is 1.46. The maximum absolute atomic E-state index is 14.6. The van der Waals surface area contributed by atoms with Gasteiger partial charge in [0.15, 0.2) is 0 Å². The van der Waals surface area contributed by atoms with Crippen LogP contribution in [0.25, 0.3) is 10.9 Å². The number of aromatic nitrogens is 2. The van der Waals surface area contributed by atoms with E-state index >= 15 is 0 Å². The van der Waals surface area contributed by atoms with Gasteiger partial charge in [-0.25, -0.2) is 9.37 Å². The van der Waals surface area contributed by atoms with Crippen molar-refractivity contribution in [2.45, 2.75) is 26.4 Å². The monoisotopic (exact) mass is 439 g/mol. The molecule has 1 atom stereocenters. The molecule has 0 aliphatic heterocycles. The Morgan fingerprint density at radius 3 is 2.67 bits per heavy atom. The number of hydrogen-bond acceptors (Lipinski definition) is 5. The molecule has 0 aliphatic carbocycles. The van der Waals surface area contributed by atoms with Crippen molar-refractivity contribution in [1.82, 2.24) is 14.9 Å². The van der Waals surface area contributed by atoms with E-state index < -0.39 is 6.04 Å². The second kappa shape index (κ2) is 9.05. The highest BCUT2D eigenvalue weighted by molar-refractivity contribution is 5.98. The maximum atomic E-state index is 14.6. The van der Waals surface area contributed by atoms with E-state index in [1.54, 1.807) is 60.4 Å². The lowest BCUT2D eigenvalue weighted by atomic mass is 10.0. The van der Waals surface area contributed by atoms with E-state index in [1.165, 1.54) is 12.3 Å². The summed E-state index contributed by atoms with van der Waals surface area (Å²) < 4.78 is 14.6. The Morgan fingerprint density at radius 1 is 1.18 bits per heavy atom. The number of fused-ring (bicyclic) bond motifs is 1. The van der Waals surface area contributed by atoms with Crippen LogP contribution in [-0.2, 0) is 6.54 Å². The number of hydrogen-bond donors (Lipinski definition) is 1. The number of anilines is 1. The van der Waals surface area contributed by atoms with Crippen molar-refractivity contribution < 1.29 is 9.18 Å². The molecule has 0 radical (unpaired) electrons. The quantitative estimate of drug-likeness (QED) is 0.475. The number of amides is 1. The second-order valence-corrected chi connectivity index (χ2v) is 7.88. The number of benzene rings is 2. The number of nitrogens with zero attached hydrogens (tertiary/aromatic N) is 4. The first kappa shape index (κ1) is 21.9. The molecule has 6 nitrogen and oxygen atoms in total.